The summed E-state index contributed by atoms with van der Waals surface area (Å²) in [6, 6.07) is 27.9. The number of aromatic hydroxyl groups is 1. The van der Waals surface area contributed by atoms with Gasteiger partial charge in [-0.3, -0.25) is 14.6 Å². The van der Waals surface area contributed by atoms with Gasteiger partial charge in [-0.15, -0.1) is 0 Å². The van der Waals surface area contributed by atoms with Crippen LogP contribution in [0.4, 0.5) is 28.9 Å². The number of carbonyl (C=O) groups is 2. The molecule has 3 heterocycles. The summed E-state index contributed by atoms with van der Waals surface area (Å²) in [6.45, 7) is 0.273. The highest BCUT2D eigenvalue weighted by Crippen LogP contribution is 2.29. The molecule has 0 bridgehead atoms. The predicted molar refractivity (Wildman–Crippen MR) is 205 cm³/mol. The van der Waals surface area contributed by atoms with Crippen molar-refractivity contribution in [1.29, 1.82) is 0 Å². The Morgan fingerprint density at radius 2 is 1.14 bits per heavy atom. The highest BCUT2D eigenvalue weighted by Gasteiger charge is 2.19. The van der Waals surface area contributed by atoms with Gasteiger partial charge in [0.2, 0.25) is 0 Å². The van der Waals surface area contributed by atoms with E-state index in [1.165, 1.54) is 36.4 Å². The van der Waals surface area contributed by atoms with Crippen molar-refractivity contribution in [3.05, 3.63) is 195 Å². The summed E-state index contributed by atoms with van der Waals surface area (Å²) in [5.41, 5.74) is 0.961. The molecule has 3 N–H and O–H groups in total. The Labute approximate surface area is 332 Å². The number of para-hydroxylation sites is 2. The van der Waals surface area contributed by atoms with Gasteiger partial charge in [0, 0.05) is 40.2 Å². The first-order valence-corrected chi connectivity index (χ1v) is 17.7. The SMILES string of the molecule is O=C(Nc1c(F)cccc1F)c1ccc(Cc2cc(Cl)ccc2O)o1.O=C(Nc1c(F)cccc1F)c1ccc(Cc2cc(Cl)ccc2OCc2ccccn2)o1. The van der Waals surface area contributed by atoms with E-state index in [9.17, 15) is 32.3 Å². The lowest BCUT2D eigenvalue weighted by Gasteiger charge is -2.11. The summed E-state index contributed by atoms with van der Waals surface area (Å²) in [4.78, 5) is 28.7. The molecule has 0 spiro atoms. The minimum absolute atomic E-state index is 0.0419. The van der Waals surface area contributed by atoms with Crippen LogP contribution in [-0.4, -0.2) is 21.9 Å². The Balaban J connectivity index is 0.000000199. The van der Waals surface area contributed by atoms with Crippen molar-refractivity contribution >= 4 is 46.4 Å². The van der Waals surface area contributed by atoms with Crippen molar-refractivity contribution in [2.24, 2.45) is 0 Å². The number of anilines is 2. The first-order chi connectivity index (χ1) is 27.4. The Kier molecular flexibility index (Phi) is 12.9. The maximum atomic E-state index is 13.8. The number of hydrogen-bond donors (Lipinski definition) is 3. The summed E-state index contributed by atoms with van der Waals surface area (Å²) in [5.74, 6) is -3.80. The fourth-order valence-corrected chi connectivity index (χ4v) is 5.70. The lowest BCUT2D eigenvalue weighted by atomic mass is 10.1. The van der Waals surface area contributed by atoms with Crippen LogP contribution < -0.4 is 15.4 Å². The summed E-state index contributed by atoms with van der Waals surface area (Å²) in [5, 5.41) is 15.1. The molecule has 15 heteroatoms. The number of ether oxygens (including phenoxy) is 1. The van der Waals surface area contributed by atoms with Gasteiger partial charge in [0.05, 0.1) is 5.69 Å². The zero-order chi connectivity index (χ0) is 40.5. The zero-order valence-electron chi connectivity index (χ0n) is 29.4. The second-order valence-electron chi connectivity index (χ2n) is 12.1. The first-order valence-electron chi connectivity index (χ1n) is 16.9. The van der Waals surface area contributed by atoms with Crippen LogP contribution in [0, 0.1) is 23.3 Å². The van der Waals surface area contributed by atoms with Crippen LogP contribution in [0.1, 0.15) is 49.5 Å². The molecule has 7 aromatic rings. The largest absolute Gasteiger partial charge is 0.508 e. The van der Waals surface area contributed by atoms with Crippen molar-refractivity contribution in [1.82, 2.24) is 4.98 Å². The summed E-state index contributed by atoms with van der Waals surface area (Å²) in [7, 11) is 0. The molecule has 0 radical (unpaired) electrons. The van der Waals surface area contributed by atoms with E-state index in [0.29, 0.717) is 39.3 Å². The second kappa shape index (κ2) is 18.4. The molecule has 0 saturated heterocycles. The van der Waals surface area contributed by atoms with Gasteiger partial charge in [0.1, 0.15) is 64.3 Å². The van der Waals surface area contributed by atoms with Crippen molar-refractivity contribution in [3.8, 4) is 11.5 Å². The van der Waals surface area contributed by atoms with Crippen molar-refractivity contribution in [3.63, 3.8) is 0 Å². The van der Waals surface area contributed by atoms with Crippen molar-refractivity contribution < 1.29 is 45.8 Å². The molecule has 290 valence electrons. The minimum atomic E-state index is -0.885. The topological polar surface area (TPSA) is 127 Å². The molecule has 4 aromatic carbocycles. The molecule has 9 nitrogen and oxygen atoms in total. The third-order valence-electron chi connectivity index (χ3n) is 8.07. The second-order valence-corrected chi connectivity index (χ2v) is 13.0. The average molecular weight is 819 g/mol. The molecule has 2 amide bonds. The van der Waals surface area contributed by atoms with Gasteiger partial charge >= 0.3 is 0 Å². The van der Waals surface area contributed by atoms with Gasteiger partial charge in [-0.25, -0.2) is 17.6 Å². The minimum Gasteiger partial charge on any atom is -0.508 e. The van der Waals surface area contributed by atoms with E-state index in [0.717, 1.165) is 35.5 Å². The van der Waals surface area contributed by atoms with Crippen LogP contribution in [0.5, 0.6) is 11.5 Å². The molecular weight excluding hydrogens is 789 g/mol. The number of carbonyl (C=O) groups excluding carboxylic acids is 2. The molecule has 0 aliphatic carbocycles. The van der Waals surface area contributed by atoms with E-state index in [4.69, 9.17) is 36.8 Å². The maximum Gasteiger partial charge on any atom is 0.291 e. The van der Waals surface area contributed by atoms with Crippen molar-refractivity contribution in [2.45, 2.75) is 19.4 Å². The fourth-order valence-electron chi connectivity index (χ4n) is 5.31. The van der Waals surface area contributed by atoms with Crippen LogP contribution in [0.2, 0.25) is 10.0 Å². The Morgan fingerprint density at radius 1 is 0.632 bits per heavy atom. The van der Waals surface area contributed by atoms with E-state index in [1.807, 2.05) is 18.2 Å². The van der Waals surface area contributed by atoms with E-state index in [2.05, 4.69) is 15.6 Å². The van der Waals surface area contributed by atoms with Crippen LogP contribution >= 0.6 is 23.2 Å². The number of rotatable bonds is 11. The van der Waals surface area contributed by atoms with Crippen molar-refractivity contribution in [2.75, 3.05) is 10.6 Å². The summed E-state index contributed by atoms with van der Waals surface area (Å²) < 4.78 is 71.6. The zero-order valence-corrected chi connectivity index (χ0v) is 30.9. The third kappa shape index (κ3) is 10.6. The number of aromatic nitrogens is 1. The maximum absolute atomic E-state index is 13.8. The number of amides is 2. The molecule has 7 rings (SSSR count). The standard InChI is InChI=1S/C24H17ClF2N2O3.C18H12ClF2NO3/c25-16-7-9-21(31-14-17-4-1-2-11-28-17)15(12-16)13-18-8-10-22(32-18)24(30)29-23-19(26)5-3-6-20(23)27;19-11-4-6-15(23)10(8-11)9-12-5-7-16(25-12)18(24)22-17-13(20)2-1-3-14(17)21/h1-12H,13-14H2,(H,29,30);1-8,23H,9H2,(H,22,24). The number of pyridine rings is 1. The molecule has 0 saturated carbocycles. The van der Waals surface area contributed by atoms with Crippen LogP contribution in [0.15, 0.2) is 130 Å². The number of furan rings is 2. The Hall–Kier alpha value is -6.57. The van der Waals surface area contributed by atoms with E-state index in [1.54, 1.807) is 42.6 Å². The smallest absolute Gasteiger partial charge is 0.291 e. The monoisotopic (exact) mass is 817 g/mol. The van der Waals surface area contributed by atoms with Gasteiger partial charge in [-0.05, 0) is 97.1 Å². The Bertz CT molecular complexity index is 2490. The molecule has 0 unspecified atom stereocenters. The number of halogens is 6. The normalized spacial score (nSPS) is 10.7. The highest BCUT2D eigenvalue weighted by molar-refractivity contribution is 6.31. The van der Waals surface area contributed by atoms with Crippen LogP contribution in [0.3, 0.4) is 0 Å². The van der Waals surface area contributed by atoms with Gasteiger partial charge in [0.15, 0.2) is 11.5 Å². The third-order valence-corrected chi connectivity index (χ3v) is 8.54. The first kappa shape index (κ1) is 40.1. The number of benzene rings is 4. The Morgan fingerprint density at radius 3 is 1.67 bits per heavy atom. The summed E-state index contributed by atoms with van der Waals surface area (Å²) >= 11 is 12.0. The average Bonchev–Trinajstić information content (AvgIpc) is 3.87. The molecular formula is C42H29Cl2F4N3O6. The number of nitrogens with one attached hydrogen (secondary N) is 2. The lowest BCUT2D eigenvalue weighted by molar-refractivity contribution is 0.0987. The van der Waals surface area contributed by atoms with Crippen LogP contribution in [-0.2, 0) is 19.4 Å². The number of phenolic OH excluding ortho intramolecular Hbond substituents is 1. The molecule has 0 aliphatic rings. The molecule has 0 atom stereocenters. The molecule has 0 fully saturated rings. The van der Waals surface area contributed by atoms with Gasteiger partial charge in [-0.2, -0.15) is 0 Å². The van der Waals surface area contributed by atoms with E-state index < -0.39 is 46.5 Å². The van der Waals surface area contributed by atoms with E-state index in [-0.39, 0.29) is 30.3 Å². The summed E-state index contributed by atoms with van der Waals surface area (Å²) in [6.07, 6.45) is 2.18. The quantitative estimate of drug-likeness (QED) is 0.111. The highest BCUT2D eigenvalue weighted by atomic mass is 35.5. The molecule has 0 aliphatic heterocycles. The molecule has 3 aromatic heterocycles. The van der Waals surface area contributed by atoms with Gasteiger partial charge in [0.25, 0.3) is 11.8 Å². The predicted octanol–water partition coefficient (Wildman–Crippen LogP) is 10.8. The lowest BCUT2D eigenvalue weighted by Crippen LogP contribution is -2.13. The van der Waals surface area contributed by atoms with E-state index >= 15 is 0 Å². The fraction of sp³-hybridized carbons (Fsp3) is 0.0714. The number of phenols is 1. The molecule has 57 heavy (non-hydrogen) atoms. The number of nitrogens with zero attached hydrogens (tertiary/aromatic N) is 1. The van der Waals surface area contributed by atoms with Gasteiger partial charge < -0.3 is 29.3 Å². The van der Waals surface area contributed by atoms with Crippen LogP contribution in [0.25, 0.3) is 0 Å². The van der Waals surface area contributed by atoms with Gasteiger partial charge in [-0.1, -0.05) is 41.4 Å². The number of hydrogen-bond acceptors (Lipinski definition) is 7.